The molecule has 0 saturated heterocycles. The number of ether oxygens (including phenoxy) is 2. The standard InChI is InChI=1S/C16H20N2O4/c1-4-5-9-13-17-14(19)10-15(20)18(13)16-11(21-2)7-6-8-12(16)22-3/h6-8,10,19H,4-5,9H2,1-3H3. The second-order valence-corrected chi connectivity index (χ2v) is 4.82. The molecule has 22 heavy (non-hydrogen) atoms. The highest BCUT2D eigenvalue weighted by Gasteiger charge is 2.18. The molecule has 2 aromatic rings. The van der Waals surface area contributed by atoms with Gasteiger partial charge in [-0.15, -0.1) is 0 Å². The molecular formula is C16H20N2O4. The number of unbranched alkanes of at least 4 members (excludes halogenated alkanes) is 1. The summed E-state index contributed by atoms with van der Waals surface area (Å²) in [6, 6.07) is 6.37. The summed E-state index contributed by atoms with van der Waals surface area (Å²) in [5.74, 6) is 1.22. The lowest BCUT2D eigenvalue weighted by molar-refractivity contribution is 0.388. The first-order chi connectivity index (χ1) is 10.6. The van der Waals surface area contributed by atoms with Crippen LogP contribution in [0, 0.1) is 0 Å². The van der Waals surface area contributed by atoms with Crippen molar-refractivity contribution < 1.29 is 14.6 Å². The summed E-state index contributed by atoms with van der Waals surface area (Å²) in [4.78, 5) is 16.5. The fraction of sp³-hybridized carbons (Fsp3) is 0.375. The van der Waals surface area contributed by atoms with Crippen LogP contribution < -0.4 is 15.0 Å². The Hall–Kier alpha value is -2.50. The smallest absolute Gasteiger partial charge is 0.262 e. The van der Waals surface area contributed by atoms with Crippen molar-refractivity contribution in [1.29, 1.82) is 0 Å². The van der Waals surface area contributed by atoms with E-state index < -0.39 is 0 Å². The first-order valence-corrected chi connectivity index (χ1v) is 7.15. The quantitative estimate of drug-likeness (QED) is 0.886. The molecule has 1 heterocycles. The highest BCUT2D eigenvalue weighted by molar-refractivity contribution is 5.57. The molecule has 6 heteroatoms. The number of hydrogen-bond acceptors (Lipinski definition) is 5. The molecule has 0 aliphatic heterocycles. The van der Waals surface area contributed by atoms with Crippen LogP contribution in [0.15, 0.2) is 29.1 Å². The molecule has 0 bridgehead atoms. The summed E-state index contributed by atoms with van der Waals surface area (Å²) in [7, 11) is 3.06. The van der Waals surface area contributed by atoms with Gasteiger partial charge in [0.15, 0.2) is 0 Å². The molecule has 0 radical (unpaired) electrons. The minimum absolute atomic E-state index is 0.277. The number of hydrogen-bond donors (Lipinski definition) is 1. The van der Waals surface area contributed by atoms with Gasteiger partial charge in [-0.1, -0.05) is 19.4 Å². The fourth-order valence-electron chi connectivity index (χ4n) is 2.31. The van der Waals surface area contributed by atoms with Crippen LogP contribution >= 0.6 is 0 Å². The van der Waals surface area contributed by atoms with E-state index in [9.17, 15) is 9.90 Å². The van der Waals surface area contributed by atoms with Crippen molar-refractivity contribution in [1.82, 2.24) is 9.55 Å². The minimum atomic E-state index is -0.374. The third-order valence-electron chi connectivity index (χ3n) is 3.35. The average molecular weight is 304 g/mol. The maximum Gasteiger partial charge on any atom is 0.262 e. The number of nitrogens with zero attached hydrogens (tertiary/aromatic N) is 2. The van der Waals surface area contributed by atoms with Gasteiger partial charge in [0.25, 0.3) is 5.56 Å². The summed E-state index contributed by atoms with van der Waals surface area (Å²) in [6.07, 6.45) is 2.38. The van der Waals surface area contributed by atoms with Gasteiger partial charge >= 0.3 is 0 Å². The minimum Gasteiger partial charge on any atom is -0.494 e. The van der Waals surface area contributed by atoms with E-state index in [1.807, 2.05) is 0 Å². The highest BCUT2D eigenvalue weighted by atomic mass is 16.5. The predicted molar refractivity (Wildman–Crippen MR) is 83.2 cm³/mol. The van der Waals surface area contributed by atoms with Crippen molar-refractivity contribution in [2.45, 2.75) is 26.2 Å². The number of methoxy groups -OCH3 is 2. The van der Waals surface area contributed by atoms with Crippen molar-refractivity contribution in [2.24, 2.45) is 0 Å². The van der Waals surface area contributed by atoms with Crippen molar-refractivity contribution in [3.63, 3.8) is 0 Å². The zero-order valence-electron chi connectivity index (χ0n) is 13.0. The van der Waals surface area contributed by atoms with E-state index in [1.165, 1.54) is 18.8 Å². The van der Waals surface area contributed by atoms with Gasteiger partial charge in [0.05, 0.1) is 20.3 Å². The Morgan fingerprint density at radius 2 is 1.86 bits per heavy atom. The highest BCUT2D eigenvalue weighted by Crippen LogP contribution is 2.32. The molecule has 0 fully saturated rings. The van der Waals surface area contributed by atoms with Crippen LogP contribution in [-0.4, -0.2) is 28.9 Å². The van der Waals surface area contributed by atoms with Crippen molar-refractivity contribution in [3.05, 3.63) is 40.4 Å². The molecule has 0 atom stereocenters. The van der Waals surface area contributed by atoms with E-state index in [1.54, 1.807) is 18.2 Å². The summed E-state index contributed by atoms with van der Waals surface area (Å²) in [6.45, 7) is 2.05. The first kappa shape index (κ1) is 15.9. The van der Waals surface area contributed by atoms with Crippen molar-refractivity contribution in [3.8, 4) is 23.1 Å². The number of aromatic nitrogens is 2. The van der Waals surface area contributed by atoms with Crippen molar-refractivity contribution >= 4 is 0 Å². The van der Waals surface area contributed by atoms with Crippen LogP contribution in [-0.2, 0) is 6.42 Å². The first-order valence-electron chi connectivity index (χ1n) is 7.15. The topological polar surface area (TPSA) is 73.6 Å². The Morgan fingerprint density at radius 1 is 1.23 bits per heavy atom. The lowest BCUT2D eigenvalue weighted by Crippen LogP contribution is -2.23. The molecule has 0 aliphatic carbocycles. The predicted octanol–water partition coefficient (Wildman–Crippen LogP) is 2.30. The Bertz CT molecular complexity index is 688. The second-order valence-electron chi connectivity index (χ2n) is 4.82. The molecule has 6 nitrogen and oxygen atoms in total. The van der Waals surface area contributed by atoms with Crippen LogP contribution in [0.2, 0.25) is 0 Å². The normalized spacial score (nSPS) is 10.5. The summed E-state index contributed by atoms with van der Waals surface area (Å²) in [5, 5.41) is 9.63. The lowest BCUT2D eigenvalue weighted by Gasteiger charge is -2.17. The Morgan fingerprint density at radius 3 is 2.41 bits per heavy atom. The summed E-state index contributed by atoms with van der Waals surface area (Å²) < 4.78 is 12.2. The number of aryl methyl sites for hydroxylation is 1. The van der Waals surface area contributed by atoms with Crippen LogP contribution in [0.5, 0.6) is 17.4 Å². The van der Waals surface area contributed by atoms with Gasteiger partial charge in [-0.2, -0.15) is 4.98 Å². The third-order valence-corrected chi connectivity index (χ3v) is 3.35. The summed E-state index contributed by atoms with van der Waals surface area (Å²) in [5.41, 5.74) is 0.123. The molecule has 1 aromatic heterocycles. The molecule has 0 saturated carbocycles. The number of benzene rings is 1. The van der Waals surface area contributed by atoms with E-state index in [0.717, 1.165) is 18.9 Å². The van der Waals surface area contributed by atoms with E-state index in [4.69, 9.17) is 9.47 Å². The molecule has 1 N–H and O–H groups in total. The number of aromatic hydroxyl groups is 1. The van der Waals surface area contributed by atoms with E-state index in [-0.39, 0.29) is 11.4 Å². The SMILES string of the molecule is CCCCc1nc(O)cc(=O)n1-c1c(OC)cccc1OC. The van der Waals surface area contributed by atoms with Crippen LogP contribution in [0.4, 0.5) is 0 Å². The van der Waals surface area contributed by atoms with Gasteiger partial charge in [-0.05, 0) is 18.6 Å². The van der Waals surface area contributed by atoms with Gasteiger partial charge in [0.2, 0.25) is 5.88 Å². The fourth-order valence-corrected chi connectivity index (χ4v) is 2.31. The second kappa shape index (κ2) is 6.98. The number of rotatable bonds is 6. The van der Waals surface area contributed by atoms with Crippen LogP contribution in [0.3, 0.4) is 0 Å². The number of para-hydroxylation sites is 1. The van der Waals surface area contributed by atoms with E-state index >= 15 is 0 Å². The average Bonchev–Trinajstić information content (AvgIpc) is 2.51. The van der Waals surface area contributed by atoms with Gasteiger partial charge in [0, 0.05) is 6.42 Å². The molecule has 118 valence electrons. The van der Waals surface area contributed by atoms with E-state index in [2.05, 4.69) is 11.9 Å². The molecular weight excluding hydrogens is 284 g/mol. The zero-order valence-corrected chi connectivity index (χ0v) is 13.0. The molecule has 0 spiro atoms. The molecule has 0 amide bonds. The Balaban J connectivity index is 2.74. The van der Waals surface area contributed by atoms with Crippen LogP contribution in [0.25, 0.3) is 5.69 Å². The van der Waals surface area contributed by atoms with Gasteiger partial charge < -0.3 is 14.6 Å². The third kappa shape index (κ3) is 3.05. The molecule has 0 aliphatic rings. The van der Waals surface area contributed by atoms with Gasteiger partial charge in [0.1, 0.15) is 23.0 Å². The molecule has 2 rings (SSSR count). The van der Waals surface area contributed by atoms with Crippen molar-refractivity contribution in [2.75, 3.05) is 14.2 Å². The summed E-state index contributed by atoms with van der Waals surface area (Å²) >= 11 is 0. The Kier molecular flexibility index (Phi) is 5.04. The van der Waals surface area contributed by atoms with E-state index in [0.29, 0.717) is 29.4 Å². The molecule has 0 unspecified atom stereocenters. The van der Waals surface area contributed by atoms with Gasteiger partial charge in [-0.25, -0.2) is 0 Å². The zero-order chi connectivity index (χ0) is 16.1. The monoisotopic (exact) mass is 304 g/mol. The Labute approximate surface area is 129 Å². The largest absolute Gasteiger partial charge is 0.494 e. The van der Waals surface area contributed by atoms with Crippen LogP contribution in [0.1, 0.15) is 25.6 Å². The lowest BCUT2D eigenvalue weighted by atomic mass is 10.2. The maximum absolute atomic E-state index is 12.4. The molecule has 1 aromatic carbocycles. The van der Waals surface area contributed by atoms with Gasteiger partial charge in [-0.3, -0.25) is 9.36 Å². The maximum atomic E-state index is 12.4.